The minimum atomic E-state index is -1.04. The van der Waals surface area contributed by atoms with Crippen molar-refractivity contribution in [2.24, 2.45) is 11.3 Å². The minimum absolute atomic E-state index is 0.00329. The van der Waals surface area contributed by atoms with Gasteiger partial charge in [-0.05, 0) is 65.4 Å². The van der Waals surface area contributed by atoms with Crippen molar-refractivity contribution in [3.05, 3.63) is 15.8 Å². The molecule has 2 heterocycles. The summed E-state index contributed by atoms with van der Waals surface area (Å²) in [6.45, 7) is 8.31. The number of ether oxygens (including phenoxy) is 2. The van der Waals surface area contributed by atoms with Gasteiger partial charge in [0.05, 0.1) is 30.3 Å². The molecule has 2 fully saturated rings. The van der Waals surface area contributed by atoms with E-state index in [2.05, 4.69) is 11.8 Å². The van der Waals surface area contributed by atoms with Gasteiger partial charge >= 0.3 is 5.97 Å². The smallest absolute Gasteiger partial charge is 0.350 e. The SMILES string of the molecule is COC(=O)c1sc(C#CC(C)(C)C)cc1N1C(=O)[C@@](C)(CCCO)OC[C@H]1C1CCCCC1. The lowest BCUT2D eigenvalue weighted by Gasteiger charge is -2.47. The monoisotopic (exact) mass is 475 g/mol. The van der Waals surface area contributed by atoms with Crippen molar-refractivity contribution in [3.63, 3.8) is 0 Å². The molecule has 0 unspecified atom stereocenters. The quantitative estimate of drug-likeness (QED) is 0.474. The third-order valence-electron chi connectivity index (χ3n) is 6.48. The average molecular weight is 476 g/mol. The zero-order valence-corrected chi connectivity index (χ0v) is 21.3. The number of esters is 1. The van der Waals surface area contributed by atoms with Crippen LogP contribution in [-0.4, -0.2) is 48.9 Å². The standard InChI is InChI=1S/C26H37NO5S/c1-25(2,3)14-12-19-16-20(22(33-19)23(29)31-5)27-21(18-10-7-6-8-11-18)17-32-26(4,24(27)30)13-9-15-28/h16,18,21,28H,6-11,13,15,17H2,1-5H3/t21-,26+/m0/s1. The van der Waals surface area contributed by atoms with Crippen LogP contribution in [0.3, 0.4) is 0 Å². The molecular weight excluding hydrogens is 438 g/mol. The number of rotatable bonds is 6. The summed E-state index contributed by atoms with van der Waals surface area (Å²) in [4.78, 5) is 29.6. The number of carbonyl (C=O) groups is 2. The van der Waals surface area contributed by atoms with E-state index in [-0.39, 0.29) is 24.0 Å². The van der Waals surface area contributed by atoms with Crippen LogP contribution >= 0.6 is 11.3 Å². The van der Waals surface area contributed by atoms with Crippen LogP contribution in [-0.2, 0) is 14.3 Å². The van der Waals surface area contributed by atoms with Gasteiger partial charge < -0.3 is 19.5 Å². The van der Waals surface area contributed by atoms with Crippen LogP contribution in [0.2, 0.25) is 0 Å². The second kappa shape index (κ2) is 10.6. The van der Waals surface area contributed by atoms with Crippen molar-refractivity contribution in [2.75, 3.05) is 25.2 Å². The van der Waals surface area contributed by atoms with Crippen molar-refractivity contribution >= 4 is 28.9 Å². The number of anilines is 1. The van der Waals surface area contributed by atoms with E-state index in [0.717, 1.165) is 30.6 Å². The summed E-state index contributed by atoms with van der Waals surface area (Å²) in [5.41, 5.74) is -0.651. The molecule has 0 bridgehead atoms. The largest absolute Gasteiger partial charge is 0.465 e. The van der Waals surface area contributed by atoms with Crippen molar-refractivity contribution in [2.45, 2.75) is 84.3 Å². The Morgan fingerprint density at radius 1 is 1.33 bits per heavy atom. The Morgan fingerprint density at radius 2 is 2.03 bits per heavy atom. The predicted octanol–water partition coefficient (Wildman–Crippen LogP) is 4.78. The average Bonchev–Trinajstić information content (AvgIpc) is 3.21. The molecule has 1 amide bonds. The fourth-order valence-corrected chi connectivity index (χ4v) is 5.59. The maximum Gasteiger partial charge on any atom is 0.350 e. The molecule has 1 aromatic rings. The molecule has 0 radical (unpaired) electrons. The zero-order valence-electron chi connectivity index (χ0n) is 20.5. The Morgan fingerprint density at radius 3 is 2.64 bits per heavy atom. The molecule has 0 aromatic carbocycles. The number of carbonyl (C=O) groups excluding carboxylic acids is 2. The number of aliphatic hydroxyl groups excluding tert-OH is 1. The number of methoxy groups -OCH3 is 1. The number of hydrogen-bond donors (Lipinski definition) is 1. The van der Waals surface area contributed by atoms with Crippen molar-refractivity contribution in [3.8, 4) is 11.8 Å². The molecule has 182 valence electrons. The number of amides is 1. The van der Waals surface area contributed by atoms with Gasteiger partial charge in [-0.3, -0.25) is 4.79 Å². The van der Waals surface area contributed by atoms with Crippen LogP contribution in [0.25, 0.3) is 0 Å². The van der Waals surface area contributed by atoms with Gasteiger partial charge in [-0.1, -0.05) is 31.1 Å². The highest BCUT2D eigenvalue weighted by Crippen LogP contribution is 2.41. The molecule has 7 heteroatoms. The van der Waals surface area contributed by atoms with Gasteiger partial charge in [0.1, 0.15) is 10.5 Å². The lowest BCUT2D eigenvalue weighted by Crippen LogP contribution is -2.62. The van der Waals surface area contributed by atoms with E-state index in [1.165, 1.54) is 24.9 Å². The number of hydrogen-bond acceptors (Lipinski definition) is 6. The Labute approximate surface area is 201 Å². The molecule has 6 nitrogen and oxygen atoms in total. The summed E-state index contributed by atoms with van der Waals surface area (Å²) in [5.74, 6) is 6.11. The predicted molar refractivity (Wildman–Crippen MR) is 131 cm³/mol. The Bertz CT molecular complexity index is 915. The van der Waals surface area contributed by atoms with E-state index in [0.29, 0.717) is 35.9 Å². The molecule has 1 N–H and O–H groups in total. The van der Waals surface area contributed by atoms with E-state index in [9.17, 15) is 14.7 Å². The summed E-state index contributed by atoms with van der Waals surface area (Å²) in [6, 6.07) is 1.72. The highest BCUT2D eigenvalue weighted by atomic mass is 32.1. The lowest BCUT2D eigenvalue weighted by atomic mass is 9.81. The van der Waals surface area contributed by atoms with Crippen LogP contribution in [0.15, 0.2) is 6.07 Å². The molecule has 0 spiro atoms. The second-order valence-electron chi connectivity index (χ2n) is 10.3. The van der Waals surface area contributed by atoms with Gasteiger partial charge in [-0.25, -0.2) is 4.79 Å². The summed E-state index contributed by atoms with van der Waals surface area (Å²) >= 11 is 1.27. The third kappa shape index (κ3) is 5.98. The molecule has 1 aliphatic carbocycles. The molecule has 1 saturated carbocycles. The van der Waals surface area contributed by atoms with E-state index in [1.54, 1.807) is 6.92 Å². The van der Waals surface area contributed by atoms with Crippen LogP contribution in [0.1, 0.15) is 87.2 Å². The van der Waals surface area contributed by atoms with Gasteiger partial charge in [-0.2, -0.15) is 0 Å². The molecule has 33 heavy (non-hydrogen) atoms. The van der Waals surface area contributed by atoms with Crippen LogP contribution < -0.4 is 4.90 Å². The van der Waals surface area contributed by atoms with Gasteiger partial charge in [0.25, 0.3) is 5.91 Å². The highest BCUT2D eigenvalue weighted by Gasteiger charge is 2.48. The Balaban J connectivity index is 2.09. The van der Waals surface area contributed by atoms with E-state index in [4.69, 9.17) is 9.47 Å². The number of thiophene rings is 1. The maximum atomic E-state index is 13.9. The summed E-state index contributed by atoms with van der Waals surface area (Å²) in [7, 11) is 1.36. The van der Waals surface area contributed by atoms with Gasteiger partial charge in [-0.15, -0.1) is 11.3 Å². The molecule has 1 aromatic heterocycles. The van der Waals surface area contributed by atoms with E-state index < -0.39 is 11.6 Å². The van der Waals surface area contributed by atoms with E-state index >= 15 is 0 Å². The maximum absolute atomic E-state index is 13.9. The van der Waals surface area contributed by atoms with Crippen LogP contribution in [0.5, 0.6) is 0 Å². The van der Waals surface area contributed by atoms with Crippen molar-refractivity contribution in [1.29, 1.82) is 0 Å². The Hall–Kier alpha value is -1.88. The second-order valence-corrected chi connectivity index (χ2v) is 11.4. The normalized spacial score (nSPS) is 24.4. The molecule has 2 aliphatic rings. The lowest BCUT2D eigenvalue weighted by molar-refractivity contribution is -0.154. The molecule has 3 rings (SSSR count). The number of aliphatic hydroxyl groups is 1. The first-order chi connectivity index (χ1) is 15.6. The fourth-order valence-electron chi connectivity index (χ4n) is 4.67. The molecular formula is C26H37NO5S. The van der Waals surface area contributed by atoms with Crippen molar-refractivity contribution in [1.82, 2.24) is 0 Å². The summed E-state index contributed by atoms with van der Waals surface area (Å²) < 4.78 is 11.3. The topological polar surface area (TPSA) is 76.1 Å². The zero-order chi connectivity index (χ0) is 24.2. The summed E-state index contributed by atoms with van der Waals surface area (Å²) in [6.07, 6.45) is 6.47. The van der Waals surface area contributed by atoms with Crippen LogP contribution in [0, 0.1) is 23.2 Å². The van der Waals surface area contributed by atoms with Crippen LogP contribution in [0.4, 0.5) is 5.69 Å². The minimum Gasteiger partial charge on any atom is -0.465 e. The molecule has 1 aliphatic heterocycles. The molecule has 2 atom stereocenters. The first-order valence-corrected chi connectivity index (χ1v) is 12.7. The van der Waals surface area contributed by atoms with Gasteiger partial charge in [0, 0.05) is 12.0 Å². The van der Waals surface area contributed by atoms with Crippen molar-refractivity contribution < 1.29 is 24.2 Å². The molecule has 1 saturated heterocycles. The van der Waals surface area contributed by atoms with Gasteiger partial charge in [0.2, 0.25) is 0 Å². The number of nitrogens with zero attached hydrogens (tertiary/aromatic N) is 1. The third-order valence-corrected chi connectivity index (χ3v) is 7.50. The van der Waals surface area contributed by atoms with E-state index in [1.807, 2.05) is 31.7 Å². The highest BCUT2D eigenvalue weighted by molar-refractivity contribution is 7.15. The first-order valence-electron chi connectivity index (χ1n) is 11.9. The first kappa shape index (κ1) is 25.7. The fraction of sp³-hybridized carbons (Fsp3) is 0.692. The van der Waals surface area contributed by atoms with Gasteiger partial charge in [0.15, 0.2) is 0 Å². The number of morpholine rings is 1. The Kier molecular flexibility index (Phi) is 8.26. The summed E-state index contributed by atoms with van der Waals surface area (Å²) in [5, 5.41) is 9.36.